The average molecular weight is 260 g/mol. The molecule has 19 heavy (non-hydrogen) atoms. The zero-order valence-electron chi connectivity index (χ0n) is 10.6. The van der Waals surface area contributed by atoms with Gasteiger partial charge in [0.2, 0.25) is 0 Å². The summed E-state index contributed by atoms with van der Waals surface area (Å²) in [6.45, 7) is 2.88. The van der Waals surface area contributed by atoms with E-state index in [4.69, 9.17) is 20.5 Å². The predicted molar refractivity (Wildman–Crippen MR) is 69.4 cm³/mol. The molecule has 0 atom stereocenters. The summed E-state index contributed by atoms with van der Waals surface area (Å²) in [7, 11) is 0. The Hall–Kier alpha value is -1.84. The van der Waals surface area contributed by atoms with E-state index in [9.17, 15) is 0 Å². The van der Waals surface area contributed by atoms with Crippen molar-refractivity contribution in [1.29, 1.82) is 5.26 Å². The van der Waals surface area contributed by atoms with Gasteiger partial charge in [-0.05, 0) is 6.07 Å². The smallest absolute Gasteiger partial charge is 0.171 e. The molecule has 2 saturated heterocycles. The van der Waals surface area contributed by atoms with Gasteiger partial charge in [-0.15, -0.1) is 0 Å². The van der Waals surface area contributed by atoms with Gasteiger partial charge in [0.25, 0.3) is 0 Å². The quantitative estimate of drug-likeness (QED) is 0.806. The van der Waals surface area contributed by atoms with Crippen LogP contribution < -0.4 is 10.6 Å². The lowest BCUT2D eigenvalue weighted by Crippen LogP contribution is -2.45. The Kier molecular flexibility index (Phi) is 3.01. The van der Waals surface area contributed by atoms with Gasteiger partial charge < -0.3 is 20.1 Å². The Labute approximate surface area is 111 Å². The Morgan fingerprint density at radius 3 is 2.63 bits per heavy atom. The van der Waals surface area contributed by atoms with Crippen LogP contribution in [0.4, 0.5) is 11.5 Å². The van der Waals surface area contributed by atoms with Crippen LogP contribution in [0, 0.1) is 11.3 Å². The first kappa shape index (κ1) is 12.2. The molecule has 0 aliphatic carbocycles. The molecule has 0 unspecified atom stereocenters. The number of pyridine rings is 1. The largest absolute Gasteiger partial charge is 0.395 e. The molecule has 0 aromatic carbocycles. The summed E-state index contributed by atoms with van der Waals surface area (Å²) in [6, 6.07) is 3.71. The minimum Gasteiger partial charge on any atom is -0.395 e. The molecule has 3 heterocycles. The van der Waals surface area contributed by atoms with Crippen LogP contribution in [-0.4, -0.2) is 37.1 Å². The zero-order valence-corrected chi connectivity index (χ0v) is 10.6. The summed E-state index contributed by atoms with van der Waals surface area (Å²) in [5.41, 5.74) is 6.90. The van der Waals surface area contributed by atoms with Crippen LogP contribution in [0.5, 0.6) is 0 Å². The highest BCUT2D eigenvalue weighted by molar-refractivity contribution is 5.70. The van der Waals surface area contributed by atoms with E-state index in [-0.39, 0.29) is 0 Å². The molecule has 6 heteroatoms. The molecule has 100 valence electrons. The number of nitriles is 1. The number of nitrogen functional groups attached to an aromatic ring is 1. The van der Waals surface area contributed by atoms with E-state index in [1.165, 1.54) is 0 Å². The number of nitrogens with two attached hydrogens (primary N) is 1. The van der Waals surface area contributed by atoms with Crippen LogP contribution in [0.2, 0.25) is 0 Å². The van der Waals surface area contributed by atoms with Gasteiger partial charge in [0.1, 0.15) is 6.07 Å². The highest BCUT2D eigenvalue weighted by Gasteiger charge is 2.40. The van der Waals surface area contributed by atoms with E-state index < -0.39 is 5.79 Å². The van der Waals surface area contributed by atoms with Gasteiger partial charge in [-0.2, -0.15) is 5.26 Å². The van der Waals surface area contributed by atoms with Crippen molar-refractivity contribution in [1.82, 2.24) is 4.98 Å². The molecule has 3 rings (SSSR count). The van der Waals surface area contributed by atoms with Crippen molar-refractivity contribution in [2.75, 3.05) is 36.9 Å². The number of piperidine rings is 1. The van der Waals surface area contributed by atoms with Gasteiger partial charge in [0, 0.05) is 32.1 Å². The fraction of sp³-hybridized carbons (Fsp3) is 0.538. The first-order chi connectivity index (χ1) is 9.24. The SMILES string of the molecule is N#Cc1ccnc(N2CCC3(CC2)OCCO3)c1N. The van der Waals surface area contributed by atoms with Crippen molar-refractivity contribution in [2.24, 2.45) is 0 Å². The van der Waals surface area contributed by atoms with Gasteiger partial charge in [0.15, 0.2) is 11.6 Å². The second kappa shape index (κ2) is 4.68. The highest BCUT2D eigenvalue weighted by Crippen LogP contribution is 2.34. The predicted octanol–water partition coefficient (Wildman–Crippen LogP) is 0.879. The van der Waals surface area contributed by atoms with Crippen LogP contribution in [0.25, 0.3) is 0 Å². The average Bonchev–Trinajstić information content (AvgIpc) is 2.89. The summed E-state index contributed by atoms with van der Waals surface area (Å²) >= 11 is 0. The van der Waals surface area contributed by atoms with Crippen molar-refractivity contribution in [3.8, 4) is 6.07 Å². The van der Waals surface area contributed by atoms with Crippen molar-refractivity contribution < 1.29 is 9.47 Å². The van der Waals surface area contributed by atoms with E-state index in [1.54, 1.807) is 12.3 Å². The molecule has 2 aliphatic heterocycles. The fourth-order valence-corrected chi connectivity index (χ4v) is 2.66. The lowest BCUT2D eigenvalue weighted by molar-refractivity contribution is -0.169. The summed E-state index contributed by atoms with van der Waals surface area (Å²) in [5, 5.41) is 8.99. The van der Waals surface area contributed by atoms with Gasteiger partial charge in [-0.25, -0.2) is 4.98 Å². The second-order valence-electron chi connectivity index (χ2n) is 4.80. The molecule has 2 fully saturated rings. The Morgan fingerprint density at radius 2 is 2.00 bits per heavy atom. The fourth-order valence-electron chi connectivity index (χ4n) is 2.66. The van der Waals surface area contributed by atoms with Crippen LogP contribution in [0.3, 0.4) is 0 Å². The molecule has 2 N–H and O–H groups in total. The first-order valence-corrected chi connectivity index (χ1v) is 6.41. The van der Waals surface area contributed by atoms with Gasteiger partial charge >= 0.3 is 0 Å². The molecule has 0 radical (unpaired) electrons. The number of hydrogen-bond donors (Lipinski definition) is 1. The van der Waals surface area contributed by atoms with E-state index >= 15 is 0 Å². The Morgan fingerprint density at radius 1 is 1.32 bits per heavy atom. The minimum atomic E-state index is -0.405. The molecular formula is C13H16N4O2. The number of nitrogens with zero attached hydrogens (tertiary/aromatic N) is 3. The molecule has 2 aliphatic rings. The molecule has 1 aromatic heterocycles. The van der Waals surface area contributed by atoms with Gasteiger partial charge in [-0.3, -0.25) is 0 Å². The van der Waals surface area contributed by atoms with Crippen molar-refractivity contribution in [2.45, 2.75) is 18.6 Å². The summed E-state index contributed by atoms with van der Waals surface area (Å²) in [4.78, 5) is 6.38. The van der Waals surface area contributed by atoms with E-state index in [0.717, 1.165) is 25.9 Å². The van der Waals surface area contributed by atoms with Crippen LogP contribution in [0.15, 0.2) is 12.3 Å². The molecule has 0 amide bonds. The number of ether oxygens (including phenoxy) is 2. The number of anilines is 2. The third-order valence-corrected chi connectivity index (χ3v) is 3.73. The van der Waals surface area contributed by atoms with E-state index in [2.05, 4.69) is 16.0 Å². The van der Waals surface area contributed by atoms with Crippen LogP contribution >= 0.6 is 0 Å². The van der Waals surface area contributed by atoms with Crippen molar-refractivity contribution in [3.05, 3.63) is 17.8 Å². The minimum absolute atomic E-state index is 0.405. The summed E-state index contributed by atoms with van der Waals surface area (Å²) < 4.78 is 11.4. The molecule has 1 aromatic rings. The van der Waals surface area contributed by atoms with Crippen LogP contribution in [0.1, 0.15) is 18.4 Å². The maximum atomic E-state index is 8.99. The highest BCUT2D eigenvalue weighted by atomic mass is 16.7. The van der Waals surface area contributed by atoms with Gasteiger partial charge in [-0.1, -0.05) is 0 Å². The Bertz CT molecular complexity index is 510. The molecule has 0 saturated carbocycles. The lowest BCUT2D eigenvalue weighted by Gasteiger charge is -2.38. The van der Waals surface area contributed by atoms with Crippen LogP contribution in [-0.2, 0) is 9.47 Å². The number of hydrogen-bond acceptors (Lipinski definition) is 6. The van der Waals surface area contributed by atoms with E-state index in [0.29, 0.717) is 30.3 Å². The molecule has 1 spiro atoms. The van der Waals surface area contributed by atoms with Gasteiger partial charge in [0.05, 0.1) is 24.5 Å². The third kappa shape index (κ3) is 2.11. The third-order valence-electron chi connectivity index (χ3n) is 3.73. The van der Waals surface area contributed by atoms with Crippen molar-refractivity contribution >= 4 is 11.5 Å². The summed E-state index contributed by atoms with van der Waals surface area (Å²) in [5.74, 6) is 0.282. The second-order valence-corrected chi connectivity index (χ2v) is 4.80. The lowest BCUT2D eigenvalue weighted by atomic mass is 10.0. The zero-order chi connectivity index (χ0) is 13.3. The first-order valence-electron chi connectivity index (χ1n) is 6.41. The number of aromatic nitrogens is 1. The topological polar surface area (TPSA) is 84.4 Å². The Balaban J connectivity index is 1.77. The van der Waals surface area contributed by atoms with Crippen molar-refractivity contribution in [3.63, 3.8) is 0 Å². The maximum absolute atomic E-state index is 8.99. The molecular weight excluding hydrogens is 244 g/mol. The normalized spacial score (nSPS) is 21.5. The molecule has 0 bridgehead atoms. The summed E-state index contributed by atoms with van der Waals surface area (Å²) in [6.07, 6.45) is 3.22. The standard InChI is InChI=1S/C13H16N4O2/c14-9-10-1-4-16-12(11(10)15)17-5-2-13(3-6-17)18-7-8-19-13/h1,4H,2-3,5-8,15H2. The van der Waals surface area contributed by atoms with E-state index in [1.807, 2.05) is 0 Å². The molecule has 6 nitrogen and oxygen atoms in total. The number of rotatable bonds is 1. The monoisotopic (exact) mass is 260 g/mol. The maximum Gasteiger partial charge on any atom is 0.171 e.